The minimum Gasteiger partial charge on any atom is -0.431 e. The summed E-state index contributed by atoms with van der Waals surface area (Å²) in [4.78, 5) is 16.5. The summed E-state index contributed by atoms with van der Waals surface area (Å²) in [6.07, 6.45) is 0. The van der Waals surface area contributed by atoms with E-state index in [0.29, 0.717) is 27.9 Å². The summed E-state index contributed by atoms with van der Waals surface area (Å²) in [6, 6.07) is 11.8. The molecular formula is C18H17ClN2O4S2. The molecule has 0 fully saturated rings. The molecule has 1 heterocycles. The fourth-order valence-corrected chi connectivity index (χ4v) is 3.98. The molecule has 142 valence electrons. The first-order valence-electron chi connectivity index (χ1n) is 8.14. The Kier molecular flexibility index (Phi) is 6.08. The van der Waals surface area contributed by atoms with Crippen LogP contribution in [0.4, 0.5) is 0 Å². The Bertz CT molecular complexity index is 1060. The van der Waals surface area contributed by atoms with Crippen molar-refractivity contribution in [3.8, 4) is 0 Å². The quantitative estimate of drug-likeness (QED) is 0.582. The van der Waals surface area contributed by atoms with E-state index in [1.54, 1.807) is 25.1 Å². The summed E-state index contributed by atoms with van der Waals surface area (Å²) in [5.74, 6) is -0.00168. The van der Waals surface area contributed by atoms with Crippen LogP contribution in [-0.4, -0.2) is 30.8 Å². The van der Waals surface area contributed by atoms with E-state index in [2.05, 4.69) is 10.3 Å². The van der Waals surface area contributed by atoms with E-state index < -0.39 is 9.84 Å². The lowest BCUT2D eigenvalue weighted by Crippen LogP contribution is -2.24. The average molecular weight is 425 g/mol. The van der Waals surface area contributed by atoms with Crippen molar-refractivity contribution in [1.29, 1.82) is 0 Å². The molecular weight excluding hydrogens is 408 g/mol. The van der Waals surface area contributed by atoms with Crippen LogP contribution in [0.25, 0.3) is 11.1 Å². The highest BCUT2D eigenvalue weighted by Gasteiger charge is 2.15. The predicted molar refractivity (Wildman–Crippen MR) is 106 cm³/mol. The number of thioether (sulfide) groups is 1. The molecule has 0 bridgehead atoms. The molecule has 0 atom stereocenters. The molecule has 27 heavy (non-hydrogen) atoms. The topological polar surface area (TPSA) is 89.3 Å². The Morgan fingerprint density at radius 3 is 2.67 bits per heavy atom. The van der Waals surface area contributed by atoms with E-state index in [4.69, 9.17) is 16.0 Å². The molecule has 0 aliphatic heterocycles. The lowest BCUT2D eigenvalue weighted by atomic mass is 10.2. The second-order valence-corrected chi connectivity index (χ2v) is 9.35. The van der Waals surface area contributed by atoms with Crippen molar-refractivity contribution in [2.24, 2.45) is 0 Å². The highest BCUT2D eigenvalue weighted by Crippen LogP contribution is 2.25. The van der Waals surface area contributed by atoms with Gasteiger partial charge in [0.25, 0.3) is 5.22 Å². The number of hydrogen-bond acceptors (Lipinski definition) is 6. The van der Waals surface area contributed by atoms with Crippen LogP contribution >= 0.6 is 23.4 Å². The molecule has 1 N–H and O–H groups in total. The molecule has 2 aromatic carbocycles. The number of aromatic nitrogens is 1. The highest BCUT2D eigenvalue weighted by atomic mass is 35.5. The van der Waals surface area contributed by atoms with Crippen LogP contribution in [0.2, 0.25) is 5.02 Å². The van der Waals surface area contributed by atoms with E-state index in [1.807, 2.05) is 12.1 Å². The first kappa shape index (κ1) is 19.7. The minimum absolute atomic E-state index is 0.0196. The van der Waals surface area contributed by atoms with Gasteiger partial charge in [-0.25, -0.2) is 13.4 Å². The Labute approximate surface area is 166 Å². The van der Waals surface area contributed by atoms with Gasteiger partial charge in [0.05, 0.1) is 16.4 Å². The fourth-order valence-electron chi connectivity index (χ4n) is 2.29. The van der Waals surface area contributed by atoms with Gasteiger partial charge in [-0.1, -0.05) is 42.4 Å². The number of halogens is 1. The second kappa shape index (κ2) is 8.33. The Balaban J connectivity index is 1.59. The van der Waals surface area contributed by atoms with Crippen LogP contribution in [0.3, 0.4) is 0 Å². The SMILES string of the molecule is CCS(=O)(=O)c1ccc2oc(SCC(=O)NCc3ccc(Cl)cc3)nc2c1. The van der Waals surface area contributed by atoms with E-state index in [0.717, 1.165) is 17.3 Å². The summed E-state index contributed by atoms with van der Waals surface area (Å²) in [7, 11) is -3.30. The van der Waals surface area contributed by atoms with Crippen LogP contribution in [0.15, 0.2) is 57.0 Å². The van der Waals surface area contributed by atoms with Gasteiger partial charge in [-0.3, -0.25) is 4.79 Å². The fraction of sp³-hybridized carbons (Fsp3) is 0.222. The summed E-state index contributed by atoms with van der Waals surface area (Å²) in [5.41, 5.74) is 1.88. The first-order valence-corrected chi connectivity index (χ1v) is 11.2. The molecule has 3 rings (SSSR count). The van der Waals surface area contributed by atoms with Crippen LogP contribution < -0.4 is 5.32 Å². The third-order valence-corrected chi connectivity index (χ3v) is 6.62. The van der Waals surface area contributed by atoms with Gasteiger partial charge in [0.15, 0.2) is 15.4 Å². The summed E-state index contributed by atoms with van der Waals surface area (Å²) in [6.45, 7) is 1.99. The predicted octanol–water partition coefficient (Wildman–Crippen LogP) is 3.68. The Morgan fingerprint density at radius 2 is 1.96 bits per heavy atom. The smallest absolute Gasteiger partial charge is 0.257 e. The van der Waals surface area contributed by atoms with Crippen LogP contribution in [0, 0.1) is 0 Å². The molecule has 0 spiro atoms. The van der Waals surface area contributed by atoms with Crippen molar-refractivity contribution < 1.29 is 17.6 Å². The third-order valence-electron chi connectivity index (χ3n) is 3.81. The number of sulfone groups is 1. The number of hydrogen-bond donors (Lipinski definition) is 1. The zero-order chi connectivity index (χ0) is 19.4. The molecule has 6 nitrogen and oxygen atoms in total. The maximum absolute atomic E-state index is 12.0. The van der Waals surface area contributed by atoms with Gasteiger partial charge in [0.1, 0.15) is 5.52 Å². The molecule has 3 aromatic rings. The molecule has 0 unspecified atom stereocenters. The molecule has 1 aromatic heterocycles. The summed E-state index contributed by atoms with van der Waals surface area (Å²) >= 11 is 6.98. The molecule has 1 amide bonds. The van der Waals surface area contributed by atoms with Gasteiger partial charge >= 0.3 is 0 Å². The molecule has 0 radical (unpaired) electrons. The van der Waals surface area contributed by atoms with Gasteiger partial charge in [-0.2, -0.15) is 0 Å². The van der Waals surface area contributed by atoms with Crippen molar-refractivity contribution in [2.75, 3.05) is 11.5 Å². The standard InChI is InChI=1S/C18H17ClN2O4S2/c1-2-27(23,24)14-7-8-16-15(9-14)21-18(25-16)26-11-17(22)20-10-12-3-5-13(19)6-4-12/h3-9H,2,10-11H2,1H3,(H,20,22). The van der Waals surface area contributed by atoms with E-state index >= 15 is 0 Å². The Morgan fingerprint density at radius 1 is 1.22 bits per heavy atom. The second-order valence-electron chi connectivity index (χ2n) is 5.70. The van der Waals surface area contributed by atoms with Gasteiger partial charge in [-0.05, 0) is 35.9 Å². The molecule has 0 aliphatic carbocycles. The zero-order valence-corrected chi connectivity index (χ0v) is 16.8. The molecule has 0 saturated heterocycles. The number of oxazole rings is 1. The van der Waals surface area contributed by atoms with Crippen molar-refractivity contribution in [3.05, 3.63) is 53.1 Å². The van der Waals surface area contributed by atoms with E-state index in [-0.39, 0.29) is 22.3 Å². The number of carbonyl (C=O) groups is 1. The molecule has 9 heteroatoms. The largest absolute Gasteiger partial charge is 0.431 e. The van der Waals surface area contributed by atoms with Crippen LogP contribution in [0.1, 0.15) is 12.5 Å². The van der Waals surface area contributed by atoms with Gasteiger partial charge < -0.3 is 9.73 Å². The normalized spacial score (nSPS) is 11.6. The third kappa shape index (κ3) is 5.03. The van der Waals surface area contributed by atoms with Crippen molar-refractivity contribution in [1.82, 2.24) is 10.3 Å². The average Bonchev–Trinajstić information content (AvgIpc) is 3.08. The van der Waals surface area contributed by atoms with Crippen LogP contribution in [0.5, 0.6) is 0 Å². The number of benzene rings is 2. The lowest BCUT2D eigenvalue weighted by Gasteiger charge is -2.04. The van der Waals surface area contributed by atoms with Crippen molar-refractivity contribution in [2.45, 2.75) is 23.6 Å². The van der Waals surface area contributed by atoms with Gasteiger partial charge in [0, 0.05) is 11.6 Å². The number of fused-ring (bicyclic) bond motifs is 1. The van der Waals surface area contributed by atoms with Crippen molar-refractivity contribution in [3.63, 3.8) is 0 Å². The lowest BCUT2D eigenvalue weighted by molar-refractivity contribution is -0.118. The number of nitrogens with zero attached hydrogens (tertiary/aromatic N) is 1. The van der Waals surface area contributed by atoms with Crippen LogP contribution in [-0.2, 0) is 21.2 Å². The maximum atomic E-state index is 12.0. The zero-order valence-electron chi connectivity index (χ0n) is 14.4. The van der Waals surface area contributed by atoms with Gasteiger partial charge in [0.2, 0.25) is 5.91 Å². The summed E-state index contributed by atoms with van der Waals surface area (Å²) in [5, 5.41) is 3.77. The minimum atomic E-state index is -3.30. The van der Waals surface area contributed by atoms with E-state index in [9.17, 15) is 13.2 Å². The monoisotopic (exact) mass is 424 g/mol. The summed E-state index contributed by atoms with van der Waals surface area (Å²) < 4.78 is 29.5. The van der Waals surface area contributed by atoms with Gasteiger partial charge in [-0.15, -0.1) is 0 Å². The number of rotatable bonds is 7. The maximum Gasteiger partial charge on any atom is 0.257 e. The first-order chi connectivity index (χ1) is 12.9. The van der Waals surface area contributed by atoms with Crippen molar-refractivity contribution >= 4 is 50.2 Å². The van der Waals surface area contributed by atoms with E-state index in [1.165, 1.54) is 12.1 Å². The molecule has 0 saturated carbocycles. The number of amides is 1. The Hall–Kier alpha value is -2.03. The number of carbonyl (C=O) groups excluding carboxylic acids is 1. The molecule has 0 aliphatic rings. The highest BCUT2D eigenvalue weighted by molar-refractivity contribution is 7.99. The number of nitrogens with one attached hydrogen (secondary N) is 1.